The van der Waals surface area contributed by atoms with Gasteiger partial charge in [-0.1, -0.05) is 353 Å². The Morgan fingerprint density at radius 2 is 0.594 bits per heavy atom. The van der Waals surface area contributed by atoms with Crippen molar-refractivity contribution in [1.82, 2.24) is 0 Å². The average Bonchev–Trinajstić information content (AvgIpc) is 1.48. The maximum Gasteiger partial charge on any atom is 0.306 e. The monoisotopic (exact) mass is 1360 g/mol. The number of phosphoric ester groups is 1. The van der Waals surface area contributed by atoms with Crippen LogP contribution in [0.3, 0.4) is 0 Å². The van der Waals surface area contributed by atoms with Gasteiger partial charge in [0.25, 0.3) is 7.82 Å². The Hall–Kier alpha value is -3.85. The number of likely N-dealkylation sites (N-methyl/N-ethyl adjacent to an activating group) is 1. The Morgan fingerprint density at radius 3 is 0.917 bits per heavy atom. The van der Waals surface area contributed by atoms with Gasteiger partial charge in [-0.25, -0.2) is 0 Å². The number of carbonyl (C=O) groups is 2. The van der Waals surface area contributed by atoms with Gasteiger partial charge >= 0.3 is 11.9 Å². The summed E-state index contributed by atoms with van der Waals surface area (Å²) in [6.07, 6.45) is 110. The van der Waals surface area contributed by atoms with Crippen molar-refractivity contribution in [2.45, 2.75) is 354 Å². The predicted octanol–water partition coefficient (Wildman–Crippen LogP) is 26.1. The zero-order valence-electron chi connectivity index (χ0n) is 63.0. The van der Waals surface area contributed by atoms with E-state index in [2.05, 4.69) is 148 Å². The minimum absolute atomic E-state index is 0.0449. The standard InChI is InChI=1S/C86H150NO8P/c1-6-8-10-12-14-16-18-20-22-24-26-28-30-32-34-36-38-40-41-42-43-44-45-47-48-50-52-54-56-58-60-62-64-66-68-70-72-74-76-78-85(88)92-82-84(83-94-96(90,91)93-81-80-87(3,4)5)95-86(89)79-77-75-73-71-69-67-65-63-61-59-57-55-53-51-49-46-39-37-35-33-31-29-27-25-23-21-19-17-15-13-11-9-7-2/h9,11,15,17,21,23-24,26-27,29,33,35,39,46,51,53,57,59,63,65,69,71,84H,6-8,10,12-14,16,18-20,22,25,28,30-32,34,36-38,40-45,47-50,52,54-56,58,60-62,64,66-68,70,72-83H2,1-5H3/b11-9-,17-15-,23-21-,26-24-,29-27-,35-33-,46-39-,53-51-,59-57-,65-63-,71-69-. The highest BCUT2D eigenvalue weighted by atomic mass is 31.2. The molecule has 0 fully saturated rings. The van der Waals surface area contributed by atoms with Gasteiger partial charge in [0.2, 0.25) is 0 Å². The molecule has 0 saturated heterocycles. The number of nitrogens with zero attached hydrogens (tertiary/aromatic N) is 1. The molecule has 0 aliphatic rings. The minimum Gasteiger partial charge on any atom is -0.756 e. The number of quaternary nitrogens is 1. The highest BCUT2D eigenvalue weighted by Gasteiger charge is 2.22. The van der Waals surface area contributed by atoms with Crippen LogP contribution in [-0.4, -0.2) is 70.0 Å². The molecule has 552 valence electrons. The molecule has 96 heavy (non-hydrogen) atoms. The van der Waals surface area contributed by atoms with Crippen LogP contribution in [0, 0.1) is 0 Å². The molecule has 0 amide bonds. The minimum atomic E-state index is -4.67. The molecule has 0 radical (unpaired) electrons. The lowest BCUT2D eigenvalue weighted by Gasteiger charge is -2.28. The zero-order valence-corrected chi connectivity index (χ0v) is 63.9. The second-order valence-corrected chi connectivity index (χ2v) is 29.1. The predicted molar refractivity (Wildman–Crippen MR) is 415 cm³/mol. The van der Waals surface area contributed by atoms with Crippen LogP contribution in [0.2, 0.25) is 0 Å². The van der Waals surface area contributed by atoms with Crippen LogP contribution in [0.5, 0.6) is 0 Å². The van der Waals surface area contributed by atoms with E-state index in [0.717, 1.165) is 96.3 Å². The van der Waals surface area contributed by atoms with Crippen molar-refractivity contribution in [3.05, 3.63) is 134 Å². The first-order valence-electron chi connectivity index (χ1n) is 39.9. The second-order valence-electron chi connectivity index (χ2n) is 27.7. The van der Waals surface area contributed by atoms with E-state index in [4.69, 9.17) is 18.5 Å². The molecule has 0 heterocycles. The summed E-state index contributed by atoms with van der Waals surface area (Å²) < 4.78 is 34.3. The summed E-state index contributed by atoms with van der Waals surface area (Å²) in [5.41, 5.74) is 0. The molecular formula is C86H150NO8P. The van der Waals surface area contributed by atoms with Crippen molar-refractivity contribution in [1.29, 1.82) is 0 Å². The molecule has 0 aromatic carbocycles. The molecule has 10 heteroatoms. The number of ether oxygens (including phenoxy) is 2. The van der Waals surface area contributed by atoms with Gasteiger partial charge in [0.1, 0.15) is 19.8 Å². The van der Waals surface area contributed by atoms with Gasteiger partial charge in [-0.05, 0) is 116 Å². The third kappa shape index (κ3) is 79.1. The number of phosphoric acid groups is 1. The van der Waals surface area contributed by atoms with Crippen molar-refractivity contribution < 1.29 is 42.1 Å². The molecule has 0 saturated carbocycles. The number of unbranched alkanes of at least 4 members (excludes halogenated alkanes) is 37. The summed E-state index contributed by atoms with van der Waals surface area (Å²) in [4.78, 5) is 38.1. The zero-order chi connectivity index (χ0) is 69.7. The van der Waals surface area contributed by atoms with E-state index in [0.29, 0.717) is 17.4 Å². The van der Waals surface area contributed by atoms with E-state index in [1.807, 2.05) is 21.1 Å². The van der Waals surface area contributed by atoms with Crippen LogP contribution in [0.4, 0.5) is 0 Å². The van der Waals surface area contributed by atoms with E-state index in [1.54, 1.807) is 0 Å². The number of rotatable bonds is 73. The fraction of sp³-hybridized carbons (Fsp3) is 0.721. The van der Waals surface area contributed by atoms with E-state index in [1.165, 1.54) is 218 Å². The maximum atomic E-state index is 12.9. The SMILES string of the molecule is CC/C=C\C/C=C\C/C=C\C/C=C\C/C=C\C/C=C\C/C=C\C/C=C\C/C=C\C/C=C\CCCCC(=O)OC(COC(=O)CCCCCCCCCCCCCCCCCCCCCCCCCCCCC/C=C\CCCCCCCCCC)COP(=O)([O-])OCC[N+](C)(C)C. The largest absolute Gasteiger partial charge is 0.756 e. The summed E-state index contributed by atoms with van der Waals surface area (Å²) in [7, 11) is 1.13. The molecule has 0 N–H and O–H groups in total. The van der Waals surface area contributed by atoms with Crippen LogP contribution in [-0.2, 0) is 32.7 Å². The third-order valence-electron chi connectivity index (χ3n) is 17.2. The topological polar surface area (TPSA) is 111 Å². The van der Waals surface area contributed by atoms with Gasteiger partial charge in [0.15, 0.2) is 6.10 Å². The van der Waals surface area contributed by atoms with Gasteiger partial charge in [-0.2, -0.15) is 0 Å². The second kappa shape index (κ2) is 75.4. The van der Waals surface area contributed by atoms with Gasteiger partial charge in [0.05, 0.1) is 27.7 Å². The average molecular weight is 1360 g/mol. The Labute approximate surface area is 593 Å². The van der Waals surface area contributed by atoms with Gasteiger partial charge in [-0.3, -0.25) is 14.2 Å². The summed E-state index contributed by atoms with van der Waals surface area (Å²) >= 11 is 0. The van der Waals surface area contributed by atoms with Crippen molar-refractivity contribution >= 4 is 19.8 Å². The molecule has 0 rings (SSSR count). The first-order chi connectivity index (χ1) is 47.0. The molecule has 2 atom stereocenters. The molecule has 0 aromatic rings. The van der Waals surface area contributed by atoms with Crippen LogP contribution in [0.15, 0.2) is 134 Å². The van der Waals surface area contributed by atoms with Crippen molar-refractivity contribution in [3.8, 4) is 0 Å². The summed E-state index contributed by atoms with van der Waals surface area (Å²) in [5, 5.41) is 0. The lowest BCUT2D eigenvalue weighted by Crippen LogP contribution is -2.37. The molecule has 2 unspecified atom stereocenters. The van der Waals surface area contributed by atoms with Crippen molar-refractivity contribution in [2.75, 3.05) is 47.5 Å². The number of esters is 2. The Bertz CT molecular complexity index is 2090. The fourth-order valence-electron chi connectivity index (χ4n) is 11.1. The smallest absolute Gasteiger partial charge is 0.306 e. The van der Waals surface area contributed by atoms with E-state index in [-0.39, 0.29) is 26.1 Å². The summed E-state index contributed by atoms with van der Waals surface area (Å²) in [5.74, 6) is -0.881. The molecular weight excluding hydrogens is 1210 g/mol. The lowest BCUT2D eigenvalue weighted by molar-refractivity contribution is -0.870. The molecule has 0 aliphatic heterocycles. The Morgan fingerprint density at radius 1 is 0.333 bits per heavy atom. The van der Waals surface area contributed by atoms with Crippen molar-refractivity contribution in [2.24, 2.45) is 0 Å². The molecule has 0 spiro atoms. The number of hydrogen-bond acceptors (Lipinski definition) is 8. The summed E-state index contributed by atoms with van der Waals surface area (Å²) in [6, 6.07) is 0. The van der Waals surface area contributed by atoms with Crippen LogP contribution < -0.4 is 4.89 Å². The Balaban J connectivity index is 4.04. The highest BCUT2D eigenvalue weighted by Crippen LogP contribution is 2.38. The first kappa shape index (κ1) is 92.2. The van der Waals surface area contributed by atoms with E-state index < -0.39 is 32.5 Å². The number of carbonyl (C=O) groups excluding carboxylic acids is 2. The lowest BCUT2D eigenvalue weighted by atomic mass is 10.0. The van der Waals surface area contributed by atoms with Crippen LogP contribution >= 0.6 is 7.82 Å². The van der Waals surface area contributed by atoms with Crippen LogP contribution in [0.25, 0.3) is 0 Å². The van der Waals surface area contributed by atoms with Gasteiger partial charge in [-0.15, -0.1) is 0 Å². The number of hydrogen-bond donors (Lipinski definition) is 0. The first-order valence-corrected chi connectivity index (χ1v) is 41.4. The van der Waals surface area contributed by atoms with Gasteiger partial charge < -0.3 is 27.9 Å². The highest BCUT2D eigenvalue weighted by molar-refractivity contribution is 7.45. The number of allylic oxidation sites excluding steroid dienone is 22. The Kier molecular flexibility index (Phi) is 72.3. The molecule has 9 nitrogen and oxygen atoms in total. The van der Waals surface area contributed by atoms with Crippen molar-refractivity contribution in [3.63, 3.8) is 0 Å². The molecule has 0 aliphatic carbocycles. The third-order valence-corrected chi connectivity index (χ3v) is 18.1. The maximum absolute atomic E-state index is 12.9. The molecule has 0 bridgehead atoms. The quantitative estimate of drug-likeness (QED) is 0.0195. The summed E-state index contributed by atoms with van der Waals surface area (Å²) in [6.45, 7) is 4.10. The van der Waals surface area contributed by atoms with E-state index >= 15 is 0 Å². The normalized spacial score (nSPS) is 13.8. The molecule has 0 aromatic heterocycles. The fourth-order valence-corrected chi connectivity index (χ4v) is 11.8. The van der Waals surface area contributed by atoms with Gasteiger partial charge in [0, 0.05) is 12.8 Å². The van der Waals surface area contributed by atoms with E-state index in [9.17, 15) is 19.0 Å². The van der Waals surface area contributed by atoms with Crippen LogP contribution in [0.1, 0.15) is 348 Å².